The fourth-order valence-electron chi connectivity index (χ4n) is 4.35. The molecular formula is C24H29N3O2. The first-order chi connectivity index (χ1) is 14.2. The number of aromatic nitrogens is 2. The number of piperidine rings is 1. The topological polar surface area (TPSA) is 61.5 Å². The standard InChI is InChI=1S/C24H29N3O2/c28-19-24(15-20-5-2-1-3-6-20)18-26(14-11-23(24)29)16-21-7-9-22(10-8-21)17-27-13-4-12-25-27/h1-10,12-13,23,28-29H,11,14-19H2/t23-,24+/m0/s1. The highest BCUT2D eigenvalue weighted by atomic mass is 16.3. The third-order valence-corrected chi connectivity index (χ3v) is 6.01. The van der Waals surface area contributed by atoms with E-state index in [1.165, 1.54) is 11.1 Å². The Morgan fingerprint density at radius 1 is 0.931 bits per heavy atom. The van der Waals surface area contributed by atoms with Gasteiger partial charge < -0.3 is 10.2 Å². The summed E-state index contributed by atoms with van der Waals surface area (Å²) in [6.07, 6.45) is 4.64. The average molecular weight is 392 g/mol. The molecule has 1 aromatic heterocycles. The second-order valence-electron chi connectivity index (χ2n) is 8.22. The smallest absolute Gasteiger partial charge is 0.0659 e. The Hall–Kier alpha value is -2.47. The van der Waals surface area contributed by atoms with Gasteiger partial charge in [0.2, 0.25) is 0 Å². The molecule has 0 spiro atoms. The van der Waals surface area contributed by atoms with Crippen LogP contribution in [0.1, 0.15) is 23.1 Å². The van der Waals surface area contributed by atoms with E-state index < -0.39 is 11.5 Å². The molecule has 4 rings (SSSR count). The first-order valence-corrected chi connectivity index (χ1v) is 10.3. The first-order valence-electron chi connectivity index (χ1n) is 10.3. The summed E-state index contributed by atoms with van der Waals surface area (Å²) in [4.78, 5) is 2.36. The van der Waals surface area contributed by atoms with Crippen LogP contribution in [0.15, 0.2) is 73.1 Å². The number of rotatable bonds is 7. The zero-order chi connectivity index (χ0) is 20.1. The van der Waals surface area contributed by atoms with Gasteiger partial charge in [-0.2, -0.15) is 5.10 Å². The van der Waals surface area contributed by atoms with Gasteiger partial charge in [0.15, 0.2) is 0 Å². The SMILES string of the molecule is OC[C@@]1(Cc2ccccc2)CN(Cc2ccc(Cn3cccn3)cc2)CC[C@@H]1O. The van der Waals surface area contributed by atoms with E-state index in [9.17, 15) is 10.2 Å². The van der Waals surface area contributed by atoms with E-state index in [0.717, 1.165) is 25.2 Å². The second kappa shape index (κ2) is 8.91. The van der Waals surface area contributed by atoms with Gasteiger partial charge >= 0.3 is 0 Å². The maximum atomic E-state index is 10.7. The molecule has 3 aromatic rings. The van der Waals surface area contributed by atoms with Crippen LogP contribution in [0.5, 0.6) is 0 Å². The van der Waals surface area contributed by atoms with Gasteiger partial charge in [0.05, 0.1) is 19.3 Å². The summed E-state index contributed by atoms with van der Waals surface area (Å²) in [5.41, 5.74) is 3.11. The molecule has 2 aromatic carbocycles. The summed E-state index contributed by atoms with van der Waals surface area (Å²) in [6, 6.07) is 20.7. The van der Waals surface area contributed by atoms with E-state index in [1.54, 1.807) is 6.20 Å². The Kier molecular flexibility index (Phi) is 6.09. The highest BCUT2D eigenvalue weighted by Gasteiger charge is 2.42. The molecule has 2 N–H and O–H groups in total. The monoisotopic (exact) mass is 391 g/mol. The molecule has 1 aliphatic rings. The van der Waals surface area contributed by atoms with E-state index >= 15 is 0 Å². The van der Waals surface area contributed by atoms with Gasteiger partial charge in [0.1, 0.15) is 0 Å². The molecule has 1 fully saturated rings. The van der Waals surface area contributed by atoms with Crippen LogP contribution in [0.3, 0.4) is 0 Å². The van der Waals surface area contributed by atoms with Gasteiger partial charge in [0.25, 0.3) is 0 Å². The van der Waals surface area contributed by atoms with E-state index in [0.29, 0.717) is 19.4 Å². The van der Waals surface area contributed by atoms with Crippen molar-refractivity contribution in [3.63, 3.8) is 0 Å². The number of likely N-dealkylation sites (tertiary alicyclic amines) is 1. The second-order valence-corrected chi connectivity index (χ2v) is 8.22. The normalized spacial score (nSPS) is 22.6. The van der Waals surface area contributed by atoms with E-state index in [-0.39, 0.29) is 6.61 Å². The average Bonchev–Trinajstić information content (AvgIpc) is 3.26. The van der Waals surface area contributed by atoms with Crippen molar-refractivity contribution in [3.8, 4) is 0 Å². The van der Waals surface area contributed by atoms with Crippen LogP contribution in [0.4, 0.5) is 0 Å². The molecule has 29 heavy (non-hydrogen) atoms. The number of hydrogen-bond donors (Lipinski definition) is 2. The lowest BCUT2D eigenvalue weighted by Crippen LogP contribution is -2.54. The molecule has 0 radical (unpaired) electrons. The van der Waals surface area contributed by atoms with Crippen LogP contribution in [0, 0.1) is 5.41 Å². The Morgan fingerprint density at radius 3 is 2.31 bits per heavy atom. The Morgan fingerprint density at radius 2 is 1.66 bits per heavy atom. The van der Waals surface area contributed by atoms with Crippen molar-refractivity contribution in [2.24, 2.45) is 5.41 Å². The third kappa shape index (κ3) is 4.75. The van der Waals surface area contributed by atoms with Gasteiger partial charge in [0, 0.05) is 37.4 Å². The first kappa shape index (κ1) is 19.8. The number of hydrogen-bond acceptors (Lipinski definition) is 4. The van der Waals surface area contributed by atoms with Crippen molar-refractivity contribution in [3.05, 3.63) is 89.7 Å². The van der Waals surface area contributed by atoms with Crippen LogP contribution < -0.4 is 0 Å². The molecular weight excluding hydrogens is 362 g/mol. The molecule has 0 unspecified atom stereocenters. The summed E-state index contributed by atoms with van der Waals surface area (Å²) in [7, 11) is 0. The van der Waals surface area contributed by atoms with Gasteiger partial charge in [-0.05, 0) is 35.6 Å². The zero-order valence-electron chi connectivity index (χ0n) is 16.7. The predicted octanol–water partition coefficient (Wildman–Crippen LogP) is 2.72. The Bertz CT molecular complexity index is 880. The molecule has 0 bridgehead atoms. The van der Waals surface area contributed by atoms with E-state index in [1.807, 2.05) is 35.1 Å². The molecule has 2 heterocycles. The summed E-state index contributed by atoms with van der Waals surface area (Å²) in [5, 5.41) is 25.2. The lowest BCUT2D eigenvalue weighted by atomic mass is 9.73. The summed E-state index contributed by atoms with van der Waals surface area (Å²) in [5.74, 6) is 0. The van der Waals surface area contributed by atoms with Crippen LogP contribution in [-0.2, 0) is 19.5 Å². The quantitative estimate of drug-likeness (QED) is 0.650. The molecule has 0 amide bonds. The van der Waals surface area contributed by atoms with Crippen molar-refractivity contribution in [1.29, 1.82) is 0 Å². The molecule has 152 valence electrons. The number of aliphatic hydroxyl groups is 2. The molecule has 5 heteroatoms. The van der Waals surface area contributed by atoms with Crippen LogP contribution in [0.25, 0.3) is 0 Å². The molecule has 0 saturated carbocycles. The fraction of sp³-hybridized carbons (Fsp3) is 0.375. The molecule has 0 aliphatic carbocycles. The fourth-order valence-corrected chi connectivity index (χ4v) is 4.35. The lowest BCUT2D eigenvalue weighted by Gasteiger charge is -2.45. The minimum Gasteiger partial charge on any atom is -0.396 e. The molecule has 2 atom stereocenters. The number of nitrogens with zero attached hydrogens (tertiary/aromatic N) is 3. The van der Waals surface area contributed by atoms with Crippen LogP contribution in [0.2, 0.25) is 0 Å². The van der Waals surface area contributed by atoms with Crippen molar-refractivity contribution in [2.45, 2.75) is 32.0 Å². The van der Waals surface area contributed by atoms with Gasteiger partial charge in [-0.15, -0.1) is 0 Å². The van der Waals surface area contributed by atoms with Crippen LogP contribution >= 0.6 is 0 Å². The highest BCUT2D eigenvalue weighted by Crippen LogP contribution is 2.34. The van der Waals surface area contributed by atoms with Crippen molar-refractivity contribution in [1.82, 2.24) is 14.7 Å². The zero-order valence-corrected chi connectivity index (χ0v) is 16.7. The van der Waals surface area contributed by atoms with Crippen molar-refractivity contribution in [2.75, 3.05) is 19.7 Å². The van der Waals surface area contributed by atoms with Crippen molar-refractivity contribution >= 4 is 0 Å². The summed E-state index contributed by atoms with van der Waals surface area (Å²) < 4.78 is 1.92. The van der Waals surface area contributed by atoms with Gasteiger partial charge in [-0.1, -0.05) is 54.6 Å². The van der Waals surface area contributed by atoms with E-state index in [2.05, 4.69) is 46.4 Å². The lowest BCUT2D eigenvalue weighted by molar-refractivity contribution is -0.0768. The molecule has 1 saturated heterocycles. The number of aliphatic hydroxyl groups excluding tert-OH is 2. The predicted molar refractivity (Wildman–Crippen MR) is 113 cm³/mol. The summed E-state index contributed by atoms with van der Waals surface area (Å²) in [6.45, 7) is 3.11. The maximum Gasteiger partial charge on any atom is 0.0659 e. The highest BCUT2D eigenvalue weighted by molar-refractivity contribution is 5.23. The largest absolute Gasteiger partial charge is 0.396 e. The van der Waals surface area contributed by atoms with E-state index in [4.69, 9.17) is 0 Å². The third-order valence-electron chi connectivity index (χ3n) is 6.01. The summed E-state index contributed by atoms with van der Waals surface area (Å²) >= 11 is 0. The van der Waals surface area contributed by atoms with Crippen LogP contribution in [-0.4, -0.2) is 50.7 Å². The Labute approximate surface area is 172 Å². The molecule has 5 nitrogen and oxygen atoms in total. The van der Waals surface area contributed by atoms with Gasteiger partial charge in [-0.3, -0.25) is 9.58 Å². The minimum absolute atomic E-state index is 0.0115. The molecule has 1 aliphatic heterocycles. The number of benzene rings is 2. The minimum atomic E-state index is -0.514. The van der Waals surface area contributed by atoms with Gasteiger partial charge in [-0.25, -0.2) is 0 Å². The van der Waals surface area contributed by atoms with Crippen molar-refractivity contribution < 1.29 is 10.2 Å². The maximum absolute atomic E-state index is 10.7. The Balaban J connectivity index is 1.42.